The molecule has 12 unspecified atom stereocenters. The van der Waals surface area contributed by atoms with Crippen molar-refractivity contribution in [1.29, 1.82) is 0 Å². The van der Waals surface area contributed by atoms with Crippen LogP contribution in [0.3, 0.4) is 0 Å². The average Bonchev–Trinajstić information content (AvgIpc) is 3.69. The number of rotatable bonds is 52. The normalized spacial score (nSPS) is 24.4. The lowest BCUT2D eigenvalue weighted by Gasteiger charge is -2.46. The molecule has 0 radical (unpaired) electrons. The zero-order valence-corrected chi connectivity index (χ0v) is 52.6. The molecule has 2 rings (SSSR count). The summed E-state index contributed by atoms with van der Waals surface area (Å²) < 4.78 is 22.8. The van der Waals surface area contributed by atoms with Gasteiger partial charge in [0.1, 0.15) is 48.8 Å². The van der Waals surface area contributed by atoms with Crippen LogP contribution in [0.5, 0.6) is 0 Å². The standard InChI is InChI=1S/C71H119NO13/c1-3-5-7-9-11-13-15-17-19-21-23-25-27-28-29-30-31-32-33-35-37-39-41-43-45-47-49-51-53-55-63(76)72-59(58-82-70-68(81)66(79)69(62(57-74)84-70)85-71-67(80)65(78)64(77)61(56-73)83-71)60(75)54-52-50-48-46-44-42-40-38-36-34-26-24-22-20-18-16-14-12-10-8-6-4-2/h5,7,11,13,17,19,23,25,28-29,31-32,35,37,41,43,47,49,52,54,59-62,64-71,73-75,77-81H,3-4,6,8-10,12,14-16,18,20-22,24,26-27,30,33-34,36,38-40,42,44-46,48,50-51,53,55-58H2,1-2H3,(H,72,76)/b7-5-,13-11-,19-17-,25-23-,29-28-,32-31-,37-35-,43-41-,49-47-,54-52+. The van der Waals surface area contributed by atoms with E-state index >= 15 is 0 Å². The third-order valence-electron chi connectivity index (χ3n) is 15.4. The van der Waals surface area contributed by atoms with Gasteiger partial charge in [-0.2, -0.15) is 0 Å². The lowest BCUT2D eigenvalue weighted by Crippen LogP contribution is -2.65. The van der Waals surface area contributed by atoms with Gasteiger partial charge in [-0.3, -0.25) is 4.79 Å². The SMILES string of the molecule is CC/C=C\C/C=C\C/C=C\C/C=C\C/C=C\C/C=C\C/C=C\C/C=C\C/C=C\CCCC(=O)NC(COC1OC(CO)C(OC2OC(CO)C(O)C(O)C2O)C(O)C1O)C(O)/C=C/CCCCCCCCCCCCCCCCCCCCCC. The molecular formula is C71H119NO13. The van der Waals surface area contributed by atoms with Crippen LogP contribution in [0.2, 0.25) is 0 Å². The number of unbranched alkanes of at least 4 members (excludes halogenated alkanes) is 21. The Kier molecular flexibility index (Phi) is 49.7. The van der Waals surface area contributed by atoms with Gasteiger partial charge in [0.15, 0.2) is 12.6 Å². The van der Waals surface area contributed by atoms with E-state index in [0.29, 0.717) is 12.8 Å². The number of ether oxygens (including phenoxy) is 4. The van der Waals surface area contributed by atoms with E-state index in [-0.39, 0.29) is 18.9 Å². The highest BCUT2D eigenvalue weighted by atomic mass is 16.7. The van der Waals surface area contributed by atoms with Gasteiger partial charge in [-0.15, -0.1) is 0 Å². The highest BCUT2D eigenvalue weighted by Crippen LogP contribution is 2.30. The van der Waals surface area contributed by atoms with Crippen molar-refractivity contribution >= 4 is 5.91 Å². The summed E-state index contributed by atoms with van der Waals surface area (Å²) in [6.45, 7) is 2.65. The molecule has 1 amide bonds. The number of allylic oxidation sites excluding steroid dienone is 19. The van der Waals surface area contributed by atoms with Crippen LogP contribution in [0.25, 0.3) is 0 Å². The van der Waals surface area contributed by atoms with E-state index < -0.39 is 86.8 Å². The van der Waals surface area contributed by atoms with Gasteiger partial charge < -0.3 is 65.1 Å². The van der Waals surface area contributed by atoms with Gasteiger partial charge in [0.25, 0.3) is 0 Å². The minimum atomic E-state index is -1.80. The fraction of sp³-hybridized carbons (Fsp3) is 0.704. The summed E-state index contributed by atoms with van der Waals surface area (Å²) in [5, 5.41) is 87.3. The second-order valence-corrected chi connectivity index (χ2v) is 22.9. The molecule has 0 aromatic carbocycles. The van der Waals surface area contributed by atoms with Gasteiger partial charge >= 0.3 is 0 Å². The van der Waals surface area contributed by atoms with Crippen molar-refractivity contribution in [2.45, 2.75) is 299 Å². The van der Waals surface area contributed by atoms with Gasteiger partial charge in [-0.05, 0) is 83.5 Å². The minimum absolute atomic E-state index is 0.193. The summed E-state index contributed by atoms with van der Waals surface area (Å²) in [4.78, 5) is 13.3. The third-order valence-corrected chi connectivity index (χ3v) is 15.4. The van der Waals surface area contributed by atoms with Crippen LogP contribution in [0, 0.1) is 0 Å². The summed E-state index contributed by atoms with van der Waals surface area (Å²) in [6, 6.07) is -0.956. The van der Waals surface area contributed by atoms with Crippen molar-refractivity contribution in [3.8, 4) is 0 Å². The fourth-order valence-electron chi connectivity index (χ4n) is 10.1. The molecule has 2 heterocycles. The van der Waals surface area contributed by atoms with Gasteiger partial charge in [-0.25, -0.2) is 0 Å². The summed E-state index contributed by atoms with van der Waals surface area (Å²) in [7, 11) is 0. The van der Waals surface area contributed by atoms with Crippen molar-refractivity contribution in [3.63, 3.8) is 0 Å². The van der Waals surface area contributed by atoms with Gasteiger partial charge in [0, 0.05) is 6.42 Å². The quantitative estimate of drug-likeness (QED) is 0.0204. The van der Waals surface area contributed by atoms with Crippen LogP contribution in [0.1, 0.15) is 226 Å². The van der Waals surface area contributed by atoms with Crippen LogP contribution in [-0.4, -0.2) is 140 Å². The summed E-state index contributed by atoms with van der Waals surface area (Å²) in [6.07, 6.45) is 62.4. The molecular weight excluding hydrogens is 1070 g/mol. The molecule has 14 heteroatoms. The topological polar surface area (TPSA) is 228 Å². The van der Waals surface area contributed by atoms with Crippen molar-refractivity contribution in [2.24, 2.45) is 0 Å². The Balaban J connectivity index is 1.76. The van der Waals surface area contributed by atoms with E-state index in [1.807, 2.05) is 12.2 Å². The molecule has 2 fully saturated rings. The Morgan fingerprint density at radius 3 is 1.24 bits per heavy atom. The number of hydrogen-bond donors (Lipinski definition) is 9. The molecule has 0 aliphatic carbocycles. The number of amides is 1. The fourth-order valence-corrected chi connectivity index (χ4v) is 10.1. The smallest absolute Gasteiger partial charge is 0.220 e. The molecule has 85 heavy (non-hydrogen) atoms. The minimum Gasteiger partial charge on any atom is -0.394 e. The van der Waals surface area contributed by atoms with Gasteiger partial charge in [0.05, 0.1) is 32.0 Å². The van der Waals surface area contributed by atoms with Gasteiger partial charge in [0.2, 0.25) is 5.91 Å². The first kappa shape index (κ1) is 77.5. The first-order valence-electron chi connectivity index (χ1n) is 33.3. The molecule has 486 valence electrons. The lowest BCUT2D eigenvalue weighted by molar-refractivity contribution is -0.359. The third kappa shape index (κ3) is 39.1. The average molecular weight is 1190 g/mol. The molecule has 14 nitrogen and oxygen atoms in total. The second-order valence-electron chi connectivity index (χ2n) is 22.9. The number of aliphatic hydroxyl groups is 8. The van der Waals surface area contributed by atoms with E-state index in [4.69, 9.17) is 18.9 Å². The number of carbonyl (C=O) groups is 1. The highest BCUT2D eigenvalue weighted by molar-refractivity contribution is 5.76. The maximum absolute atomic E-state index is 13.3. The first-order valence-corrected chi connectivity index (χ1v) is 33.3. The molecule has 2 saturated heterocycles. The molecule has 9 N–H and O–H groups in total. The maximum atomic E-state index is 13.3. The highest BCUT2D eigenvalue weighted by Gasteiger charge is 2.51. The van der Waals surface area contributed by atoms with Crippen molar-refractivity contribution < 1.29 is 64.6 Å². The van der Waals surface area contributed by atoms with E-state index in [9.17, 15) is 45.6 Å². The lowest BCUT2D eigenvalue weighted by atomic mass is 9.97. The van der Waals surface area contributed by atoms with Crippen molar-refractivity contribution in [3.05, 3.63) is 122 Å². The van der Waals surface area contributed by atoms with Crippen LogP contribution < -0.4 is 5.32 Å². The molecule has 0 saturated carbocycles. The van der Waals surface area contributed by atoms with Crippen molar-refractivity contribution in [2.75, 3.05) is 19.8 Å². The number of nitrogens with one attached hydrogen (secondary N) is 1. The van der Waals surface area contributed by atoms with Crippen LogP contribution in [0.15, 0.2) is 122 Å². The van der Waals surface area contributed by atoms with Crippen LogP contribution in [0.4, 0.5) is 0 Å². The molecule has 12 atom stereocenters. The molecule has 0 bridgehead atoms. The van der Waals surface area contributed by atoms with Crippen LogP contribution in [-0.2, 0) is 23.7 Å². The first-order chi connectivity index (χ1) is 41.6. The van der Waals surface area contributed by atoms with E-state index in [1.165, 1.54) is 109 Å². The van der Waals surface area contributed by atoms with E-state index in [0.717, 1.165) is 83.5 Å². The number of hydrogen-bond acceptors (Lipinski definition) is 13. The largest absolute Gasteiger partial charge is 0.394 e. The Morgan fingerprint density at radius 1 is 0.435 bits per heavy atom. The predicted octanol–water partition coefficient (Wildman–Crippen LogP) is 12.9. The molecule has 2 aliphatic heterocycles. The van der Waals surface area contributed by atoms with Crippen LogP contribution >= 0.6 is 0 Å². The van der Waals surface area contributed by atoms with Crippen molar-refractivity contribution in [1.82, 2.24) is 5.32 Å². The Hall–Kier alpha value is -3.61. The zero-order chi connectivity index (χ0) is 61.6. The predicted molar refractivity (Wildman–Crippen MR) is 345 cm³/mol. The zero-order valence-electron chi connectivity index (χ0n) is 52.6. The molecule has 0 spiro atoms. The monoisotopic (exact) mass is 1190 g/mol. The Morgan fingerprint density at radius 2 is 0.812 bits per heavy atom. The molecule has 0 aromatic rings. The number of aliphatic hydroxyl groups excluding tert-OH is 8. The Bertz CT molecular complexity index is 1890. The van der Waals surface area contributed by atoms with Gasteiger partial charge in [-0.1, -0.05) is 257 Å². The number of carbonyl (C=O) groups excluding carboxylic acids is 1. The summed E-state index contributed by atoms with van der Waals surface area (Å²) in [5.74, 6) is -0.300. The molecule has 0 aromatic heterocycles. The van der Waals surface area contributed by atoms with E-state index in [2.05, 4.69) is 122 Å². The second kappa shape index (κ2) is 54.5. The summed E-state index contributed by atoms with van der Waals surface area (Å²) >= 11 is 0. The molecule has 2 aliphatic rings. The van der Waals surface area contributed by atoms with E-state index in [1.54, 1.807) is 6.08 Å². The Labute approximate surface area is 514 Å². The maximum Gasteiger partial charge on any atom is 0.220 e. The summed E-state index contributed by atoms with van der Waals surface area (Å²) in [5.41, 5.74) is 0.